The Bertz CT molecular complexity index is 1030. The van der Waals surface area contributed by atoms with E-state index in [2.05, 4.69) is 15.6 Å². The molecule has 1 saturated heterocycles. The van der Waals surface area contributed by atoms with E-state index in [4.69, 9.17) is 22.9 Å². The van der Waals surface area contributed by atoms with Gasteiger partial charge in [-0.2, -0.15) is 0 Å². The Balaban J connectivity index is 2.07. The van der Waals surface area contributed by atoms with Crippen molar-refractivity contribution in [3.63, 3.8) is 0 Å². The lowest BCUT2D eigenvalue weighted by Gasteiger charge is -2.30. The maximum Gasteiger partial charge on any atom is 0.326 e. The number of benzene rings is 1. The van der Waals surface area contributed by atoms with Crippen molar-refractivity contribution in [3.8, 4) is 5.75 Å². The number of carboxylic acids is 1. The summed E-state index contributed by atoms with van der Waals surface area (Å²) in [6, 6.07) is 2.11. The van der Waals surface area contributed by atoms with Gasteiger partial charge in [-0.05, 0) is 69.2 Å². The molecule has 0 saturated carbocycles. The zero-order valence-corrected chi connectivity index (χ0v) is 22.6. The first-order valence-corrected chi connectivity index (χ1v) is 13.5. The molecule has 4 unspecified atom stereocenters. The molecule has 40 heavy (non-hydrogen) atoms. The third kappa shape index (κ3) is 10.3. The van der Waals surface area contributed by atoms with Crippen molar-refractivity contribution in [1.29, 1.82) is 0 Å². The average Bonchev–Trinajstić information content (AvgIpc) is 3.41. The van der Waals surface area contributed by atoms with Crippen molar-refractivity contribution in [2.24, 2.45) is 27.9 Å². The van der Waals surface area contributed by atoms with Crippen LogP contribution in [0.3, 0.4) is 0 Å². The summed E-state index contributed by atoms with van der Waals surface area (Å²) in [4.78, 5) is 56.6. The van der Waals surface area contributed by atoms with Gasteiger partial charge in [-0.15, -0.1) is 0 Å². The number of phenols is 1. The zero-order chi connectivity index (χ0) is 29.7. The molecular formula is C26H42N8O6. The van der Waals surface area contributed by atoms with Crippen LogP contribution in [0.15, 0.2) is 29.3 Å². The fourth-order valence-corrected chi connectivity index (χ4v) is 4.52. The predicted octanol–water partition coefficient (Wildman–Crippen LogP) is -1.51. The van der Waals surface area contributed by atoms with Crippen molar-refractivity contribution in [2.75, 3.05) is 19.6 Å². The number of hydrogen-bond acceptors (Lipinski definition) is 8. The summed E-state index contributed by atoms with van der Waals surface area (Å²) < 4.78 is 0. The second-order valence-electron chi connectivity index (χ2n) is 9.86. The highest BCUT2D eigenvalue weighted by atomic mass is 16.4. The molecule has 2 rings (SSSR count). The number of hydrogen-bond donors (Lipinski definition) is 8. The van der Waals surface area contributed by atoms with Crippen molar-refractivity contribution in [1.82, 2.24) is 15.5 Å². The molecule has 0 aromatic heterocycles. The Hall–Kier alpha value is -3.91. The molecule has 1 aliphatic heterocycles. The van der Waals surface area contributed by atoms with Gasteiger partial charge in [-0.1, -0.05) is 12.1 Å². The lowest BCUT2D eigenvalue weighted by atomic mass is 10.0. The maximum atomic E-state index is 13.6. The number of aliphatic imine (C=N–C) groups is 1. The van der Waals surface area contributed by atoms with Gasteiger partial charge in [0.05, 0.1) is 6.04 Å². The monoisotopic (exact) mass is 562 g/mol. The number of likely N-dealkylation sites (tertiary alicyclic amines) is 1. The summed E-state index contributed by atoms with van der Waals surface area (Å²) in [6.07, 6.45) is 3.22. The molecule has 14 heteroatoms. The van der Waals surface area contributed by atoms with Gasteiger partial charge in [0.2, 0.25) is 17.7 Å². The summed E-state index contributed by atoms with van der Waals surface area (Å²) in [6.45, 7) is 1.03. The van der Waals surface area contributed by atoms with Crippen LogP contribution in [0.25, 0.3) is 0 Å². The molecule has 1 fully saturated rings. The van der Waals surface area contributed by atoms with E-state index in [0.717, 1.165) is 0 Å². The summed E-state index contributed by atoms with van der Waals surface area (Å²) in [7, 11) is 0. The Labute approximate surface area is 233 Å². The Kier molecular flexibility index (Phi) is 13.1. The number of guanidine groups is 1. The van der Waals surface area contributed by atoms with E-state index in [-0.39, 0.29) is 18.1 Å². The molecule has 0 bridgehead atoms. The summed E-state index contributed by atoms with van der Waals surface area (Å²) >= 11 is 0. The van der Waals surface area contributed by atoms with E-state index >= 15 is 0 Å². The first-order chi connectivity index (χ1) is 19.0. The number of aliphatic carboxylic acids is 1. The highest BCUT2D eigenvalue weighted by Gasteiger charge is 2.39. The Morgan fingerprint density at radius 2 is 1.73 bits per heavy atom. The molecule has 12 N–H and O–H groups in total. The number of phenolic OH excluding ortho intramolecular Hbond substituents is 1. The largest absolute Gasteiger partial charge is 0.508 e. The number of amides is 3. The molecule has 14 nitrogen and oxygen atoms in total. The van der Waals surface area contributed by atoms with E-state index in [1.165, 1.54) is 17.0 Å². The standard InChI is InChI=1S/C26H42N8O6/c27-12-2-1-6-19(32-22(36)18(28)5-3-13-31-26(29)30)24(38)34-14-4-7-21(34)23(37)33-20(25(39)40)15-16-8-10-17(35)11-9-16/h8-11,18-21,35H,1-7,12-15,27-28H2,(H,32,36)(H,33,37)(H,39,40)(H4,29,30,31). The summed E-state index contributed by atoms with van der Waals surface area (Å²) in [5.41, 5.74) is 22.8. The molecule has 1 aromatic carbocycles. The van der Waals surface area contributed by atoms with Crippen LogP contribution < -0.4 is 33.6 Å². The van der Waals surface area contributed by atoms with Gasteiger partial charge in [0.25, 0.3) is 0 Å². The van der Waals surface area contributed by atoms with Crippen LogP contribution in [0.1, 0.15) is 50.5 Å². The quantitative estimate of drug-likeness (QED) is 0.0656. The number of carboxylic acid groups (broad SMARTS) is 1. The highest BCUT2D eigenvalue weighted by Crippen LogP contribution is 2.21. The Morgan fingerprint density at radius 3 is 2.35 bits per heavy atom. The number of unbranched alkanes of at least 4 members (excludes halogenated alkanes) is 1. The van der Waals surface area contributed by atoms with Crippen LogP contribution >= 0.6 is 0 Å². The SMILES string of the molecule is NCCCCC(NC(=O)C(N)CCCN=C(N)N)C(=O)N1CCCC1C(=O)NC(Cc1ccc(O)cc1)C(=O)O. The normalized spacial score (nSPS) is 16.9. The average molecular weight is 563 g/mol. The fraction of sp³-hybridized carbons (Fsp3) is 0.577. The predicted molar refractivity (Wildman–Crippen MR) is 149 cm³/mol. The van der Waals surface area contributed by atoms with E-state index < -0.39 is 47.9 Å². The molecule has 1 aromatic rings. The van der Waals surface area contributed by atoms with Crippen molar-refractivity contribution in [2.45, 2.75) is 75.5 Å². The first kappa shape index (κ1) is 32.3. The van der Waals surface area contributed by atoms with E-state index in [1.54, 1.807) is 12.1 Å². The molecular weight excluding hydrogens is 520 g/mol. The minimum Gasteiger partial charge on any atom is -0.508 e. The topological polar surface area (TPSA) is 252 Å². The smallest absolute Gasteiger partial charge is 0.326 e. The van der Waals surface area contributed by atoms with Gasteiger partial charge in [0, 0.05) is 19.5 Å². The minimum absolute atomic E-state index is 0.000857. The van der Waals surface area contributed by atoms with Gasteiger partial charge in [-0.25, -0.2) is 4.79 Å². The van der Waals surface area contributed by atoms with Crippen LogP contribution in [0.4, 0.5) is 0 Å². The fourth-order valence-electron chi connectivity index (χ4n) is 4.52. The molecule has 3 amide bonds. The number of nitrogens with one attached hydrogen (secondary N) is 2. The molecule has 0 aliphatic carbocycles. The van der Waals surface area contributed by atoms with Gasteiger partial charge in [-0.3, -0.25) is 19.4 Å². The highest BCUT2D eigenvalue weighted by molar-refractivity contribution is 5.94. The second-order valence-corrected chi connectivity index (χ2v) is 9.86. The summed E-state index contributed by atoms with van der Waals surface area (Å²) in [5.74, 6) is -2.75. The van der Waals surface area contributed by atoms with Gasteiger partial charge >= 0.3 is 5.97 Å². The third-order valence-corrected chi connectivity index (χ3v) is 6.70. The van der Waals surface area contributed by atoms with Crippen LogP contribution in [-0.4, -0.2) is 88.6 Å². The number of carbonyl (C=O) groups is 4. The summed E-state index contributed by atoms with van der Waals surface area (Å²) in [5, 5.41) is 24.4. The minimum atomic E-state index is -1.23. The van der Waals surface area contributed by atoms with E-state index in [0.29, 0.717) is 70.1 Å². The number of nitrogens with zero attached hydrogens (tertiary/aromatic N) is 2. The molecule has 1 aliphatic rings. The lowest BCUT2D eigenvalue weighted by molar-refractivity contribution is -0.145. The van der Waals surface area contributed by atoms with E-state index in [9.17, 15) is 29.4 Å². The van der Waals surface area contributed by atoms with Gasteiger partial charge in [0.15, 0.2) is 5.96 Å². The molecule has 222 valence electrons. The van der Waals surface area contributed by atoms with Crippen LogP contribution in [-0.2, 0) is 25.6 Å². The number of aromatic hydroxyl groups is 1. The number of rotatable bonds is 16. The van der Waals surface area contributed by atoms with Crippen LogP contribution in [0.5, 0.6) is 5.75 Å². The van der Waals surface area contributed by atoms with Crippen LogP contribution in [0.2, 0.25) is 0 Å². The second kappa shape index (κ2) is 16.3. The van der Waals surface area contributed by atoms with Gasteiger partial charge < -0.3 is 48.7 Å². The maximum absolute atomic E-state index is 13.6. The van der Waals surface area contributed by atoms with Crippen LogP contribution in [0, 0.1) is 0 Å². The van der Waals surface area contributed by atoms with E-state index in [1.807, 2.05) is 0 Å². The van der Waals surface area contributed by atoms with Crippen molar-refractivity contribution in [3.05, 3.63) is 29.8 Å². The van der Waals surface area contributed by atoms with Crippen molar-refractivity contribution < 1.29 is 29.4 Å². The molecule has 4 atom stereocenters. The molecule has 0 spiro atoms. The van der Waals surface area contributed by atoms with Crippen molar-refractivity contribution >= 4 is 29.7 Å². The number of nitrogens with two attached hydrogens (primary N) is 4. The molecule has 0 radical (unpaired) electrons. The first-order valence-electron chi connectivity index (χ1n) is 13.5. The third-order valence-electron chi connectivity index (χ3n) is 6.70. The lowest BCUT2D eigenvalue weighted by Crippen LogP contribution is -2.57. The number of carbonyl (C=O) groups excluding carboxylic acids is 3. The van der Waals surface area contributed by atoms with Gasteiger partial charge in [0.1, 0.15) is 23.9 Å². The molecule has 1 heterocycles. The zero-order valence-electron chi connectivity index (χ0n) is 22.6. The Morgan fingerprint density at radius 1 is 1.02 bits per heavy atom.